The lowest BCUT2D eigenvalue weighted by atomic mass is 10.1. The molecule has 2 aromatic heterocycles. The first-order chi connectivity index (χ1) is 14.5. The number of nitrogens with zero attached hydrogens (tertiary/aromatic N) is 2. The summed E-state index contributed by atoms with van der Waals surface area (Å²) in [5.74, 6) is -0.960. The molecule has 4 aromatic rings. The number of benzene rings is 2. The van der Waals surface area contributed by atoms with Crippen LogP contribution in [0, 0.1) is 6.92 Å². The largest absolute Gasteiger partial charge is 0.358 e. The van der Waals surface area contributed by atoms with E-state index < -0.39 is 11.7 Å². The van der Waals surface area contributed by atoms with Gasteiger partial charge in [-0.15, -0.1) is 0 Å². The monoisotopic (exact) mass is 400 g/mol. The zero-order valence-corrected chi connectivity index (χ0v) is 17.1. The number of aromatic amines is 2. The summed E-state index contributed by atoms with van der Waals surface area (Å²) in [6.07, 6.45) is 1.48. The fraction of sp³-hybridized carbons (Fsp3) is 0.208. The summed E-state index contributed by atoms with van der Waals surface area (Å²) in [5.41, 5.74) is 5.01. The van der Waals surface area contributed by atoms with Gasteiger partial charge in [0.15, 0.2) is 0 Å². The van der Waals surface area contributed by atoms with E-state index in [2.05, 4.69) is 15.2 Å². The molecule has 2 N–H and O–H groups in total. The van der Waals surface area contributed by atoms with Crippen molar-refractivity contribution in [3.63, 3.8) is 0 Å². The maximum absolute atomic E-state index is 12.8. The summed E-state index contributed by atoms with van der Waals surface area (Å²) in [5, 5.41) is 8.20. The molecule has 0 aliphatic carbocycles. The molecule has 0 spiro atoms. The molecule has 0 saturated heterocycles. The highest BCUT2D eigenvalue weighted by Gasteiger charge is 2.25. The molecule has 2 heterocycles. The standard InChI is InChI=1S/C24H24N4O2/c1-16-22(19-12-6-7-13-20(19)25-16)23(29)24(30)28(2)14-8-11-18-15-21(27-26-18)17-9-4-3-5-10-17/h3-7,9-10,12-13,15,25H,8,11,14H2,1-2H3,(H,26,27). The first-order valence-electron chi connectivity index (χ1n) is 10.0. The van der Waals surface area contributed by atoms with Crippen molar-refractivity contribution in [2.24, 2.45) is 0 Å². The van der Waals surface area contributed by atoms with E-state index in [1.807, 2.05) is 67.6 Å². The molecular formula is C24H24N4O2. The van der Waals surface area contributed by atoms with Crippen molar-refractivity contribution in [3.05, 3.63) is 77.6 Å². The highest BCUT2D eigenvalue weighted by Crippen LogP contribution is 2.23. The van der Waals surface area contributed by atoms with Crippen molar-refractivity contribution in [2.75, 3.05) is 13.6 Å². The van der Waals surface area contributed by atoms with Crippen molar-refractivity contribution in [2.45, 2.75) is 19.8 Å². The Bertz CT molecular complexity index is 1190. The summed E-state index contributed by atoms with van der Waals surface area (Å²) in [4.78, 5) is 30.2. The Morgan fingerprint density at radius 2 is 1.77 bits per heavy atom. The molecule has 0 bridgehead atoms. The zero-order valence-electron chi connectivity index (χ0n) is 17.1. The lowest BCUT2D eigenvalue weighted by Crippen LogP contribution is -2.34. The van der Waals surface area contributed by atoms with Crippen LogP contribution in [0.1, 0.15) is 28.2 Å². The minimum absolute atomic E-state index is 0.462. The number of H-pyrrole nitrogens is 2. The summed E-state index contributed by atoms with van der Waals surface area (Å²) < 4.78 is 0. The second-order valence-electron chi connectivity index (χ2n) is 7.47. The maximum Gasteiger partial charge on any atom is 0.294 e. The van der Waals surface area contributed by atoms with Gasteiger partial charge in [-0.05, 0) is 31.9 Å². The molecule has 6 nitrogen and oxygen atoms in total. The number of fused-ring (bicyclic) bond motifs is 1. The fourth-order valence-corrected chi connectivity index (χ4v) is 3.70. The second-order valence-corrected chi connectivity index (χ2v) is 7.47. The van der Waals surface area contributed by atoms with Gasteiger partial charge in [-0.25, -0.2) is 0 Å². The molecule has 0 saturated carbocycles. The van der Waals surface area contributed by atoms with Crippen molar-refractivity contribution in [3.8, 4) is 11.3 Å². The predicted molar refractivity (Wildman–Crippen MR) is 117 cm³/mol. The number of carbonyl (C=O) groups excluding carboxylic acids is 2. The van der Waals surface area contributed by atoms with Gasteiger partial charge in [0.2, 0.25) is 0 Å². The molecule has 0 radical (unpaired) electrons. The number of para-hydroxylation sites is 1. The van der Waals surface area contributed by atoms with Crippen LogP contribution in [-0.2, 0) is 11.2 Å². The molecule has 0 unspecified atom stereocenters. The van der Waals surface area contributed by atoms with Gasteiger partial charge in [0.25, 0.3) is 11.7 Å². The van der Waals surface area contributed by atoms with Crippen LogP contribution < -0.4 is 0 Å². The highest BCUT2D eigenvalue weighted by atomic mass is 16.2. The number of amides is 1. The van der Waals surface area contributed by atoms with E-state index in [9.17, 15) is 9.59 Å². The topological polar surface area (TPSA) is 81.8 Å². The zero-order chi connectivity index (χ0) is 21.1. The van der Waals surface area contributed by atoms with Crippen LogP contribution in [0.15, 0.2) is 60.7 Å². The van der Waals surface area contributed by atoms with Gasteiger partial charge < -0.3 is 9.88 Å². The van der Waals surface area contributed by atoms with Crippen molar-refractivity contribution >= 4 is 22.6 Å². The van der Waals surface area contributed by atoms with E-state index in [4.69, 9.17) is 0 Å². The number of nitrogens with one attached hydrogen (secondary N) is 2. The number of likely N-dealkylation sites (N-methyl/N-ethyl adjacent to an activating group) is 1. The van der Waals surface area contributed by atoms with E-state index in [0.29, 0.717) is 17.8 Å². The fourth-order valence-electron chi connectivity index (χ4n) is 3.70. The molecule has 0 fully saturated rings. The third-order valence-corrected chi connectivity index (χ3v) is 5.30. The van der Waals surface area contributed by atoms with E-state index in [0.717, 1.165) is 40.7 Å². The van der Waals surface area contributed by atoms with Gasteiger partial charge >= 0.3 is 0 Å². The molecule has 0 aliphatic rings. The summed E-state index contributed by atoms with van der Waals surface area (Å²) in [6.45, 7) is 2.31. The third-order valence-electron chi connectivity index (χ3n) is 5.30. The number of hydrogen-bond acceptors (Lipinski definition) is 3. The van der Waals surface area contributed by atoms with E-state index in [1.54, 1.807) is 7.05 Å². The van der Waals surface area contributed by atoms with Gasteiger partial charge in [0, 0.05) is 41.4 Å². The molecule has 30 heavy (non-hydrogen) atoms. The van der Waals surface area contributed by atoms with Crippen molar-refractivity contribution < 1.29 is 9.59 Å². The normalized spacial score (nSPS) is 11.0. The van der Waals surface area contributed by atoms with Crippen LogP contribution in [0.2, 0.25) is 0 Å². The summed E-state index contributed by atoms with van der Waals surface area (Å²) >= 11 is 0. The highest BCUT2D eigenvalue weighted by molar-refractivity contribution is 6.45. The van der Waals surface area contributed by atoms with E-state index in [1.165, 1.54) is 4.90 Å². The van der Waals surface area contributed by atoms with Crippen LogP contribution in [-0.4, -0.2) is 45.4 Å². The Balaban J connectivity index is 1.36. The number of rotatable bonds is 7. The first-order valence-corrected chi connectivity index (χ1v) is 10.0. The quantitative estimate of drug-likeness (QED) is 0.361. The lowest BCUT2D eigenvalue weighted by Gasteiger charge is -2.16. The van der Waals surface area contributed by atoms with Gasteiger partial charge in [-0.2, -0.15) is 5.10 Å². The third kappa shape index (κ3) is 3.89. The van der Waals surface area contributed by atoms with Crippen molar-refractivity contribution in [1.82, 2.24) is 20.1 Å². The van der Waals surface area contributed by atoms with E-state index >= 15 is 0 Å². The number of Topliss-reactive ketones (excluding diaryl/α,β-unsaturated/α-hetero) is 1. The summed E-state index contributed by atoms with van der Waals surface area (Å²) in [7, 11) is 1.67. The SMILES string of the molecule is Cc1[nH]c2ccccc2c1C(=O)C(=O)N(C)CCCc1cc(-c2ccccc2)n[nH]1. The van der Waals surface area contributed by atoms with Gasteiger partial charge in [0.1, 0.15) is 0 Å². The number of carbonyl (C=O) groups is 2. The Morgan fingerprint density at radius 3 is 2.57 bits per heavy atom. The molecule has 152 valence electrons. The minimum Gasteiger partial charge on any atom is -0.358 e. The molecule has 0 atom stereocenters. The van der Waals surface area contributed by atoms with Gasteiger partial charge in [-0.3, -0.25) is 14.7 Å². The van der Waals surface area contributed by atoms with Crippen LogP contribution in [0.4, 0.5) is 0 Å². The number of hydrogen-bond donors (Lipinski definition) is 2. The molecule has 1 amide bonds. The molecule has 0 aliphatic heterocycles. The van der Waals surface area contributed by atoms with E-state index in [-0.39, 0.29) is 0 Å². The number of aryl methyl sites for hydroxylation is 2. The number of aromatic nitrogens is 3. The Morgan fingerprint density at radius 1 is 1.03 bits per heavy atom. The first kappa shape index (κ1) is 19.6. The van der Waals surface area contributed by atoms with Gasteiger partial charge in [-0.1, -0.05) is 48.5 Å². The molecule has 2 aromatic carbocycles. The van der Waals surface area contributed by atoms with Crippen LogP contribution in [0.5, 0.6) is 0 Å². The van der Waals surface area contributed by atoms with Crippen molar-refractivity contribution in [1.29, 1.82) is 0 Å². The lowest BCUT2D eigenvalue weighted by molar-refractivity contribution is -0.125. The van der Waals surface area contributed by atoms with Crippen LogP contribution in [0.25, 0.3) is 22.2 Å². The average molecular weight is 400 g/mol. The Kier molecular flexibility index (Phi) is 5.48. The number of ketones is 1. The van der Waals surface area contributed by atoms with Crippen LogP contribution >= 0.6 is 0 Å². The maximum atomic E-state index is 12.8. The van der Waals surface area contributed by atoms with Gasteiger partial charge in [0.05, 0.1) is 11.3 Å². The molecular weight excluding hydrogens is 376 g/mol. The Hall–Kier alpha value is -3.67. The Labute approximate surface area is 174 Å². The molecule has 4 rings (SSSR count). The summed E-state index contributed by atoms with van der Waals surface area (Å²) in [6, 6.07) is 19.5. The average Bonchev–Trinajstić information content (AvgIpc) is 3.37. The minimum atomic E-state index is -0.488. The van der Waals surface area contributed by atoms with Crippen LogP contribution in [0.3, 0.4) is 0 Å². The smallest absolute Gasteiger partial charge is 0.294 e. The second kappa shape index (κ2) is 8.37. The predicted octanol–water partition coefficient (Wildman–Crippen LogP) is 4.14. The molecule has 6 heteroatoms.